The van der Waals surface area contributed by atoms with Gasteiger partial charge in [0, 0.05) is 6.42 Å². The number of ether oxygens (including phenoxy) is 4. The Morgan fingerprint density at radius 1 is 0.411 bits per heavy atom. The average Bonchev–Trinajstić information content (AvgIpc) is 1.41. The summed E-state index contributed by atoms with van der Waals surface area (Å²) < 4.78 is 22.9. The first-order valence-corrected chi connectivity index (χ1v) is 36.8. The van der Waals surface area contributed by atoms with E-state index in [2.05, 4.69) is 92.1 Å². The number of carbonyl (C=O) groups excluding carboxylic acids is 1. The van der Waals surface area contributed by atoms with Crippen LogP contribution in [0.2, 0.25) is 0 Å². The van der Waals surface area contributed by atoms with E-state index in [-0.39, 0.29) is 18.9 Å². The van der Waals surface area contributed by atoms with E-state index in [1.807, 2.05) is 6.08 Å². The van der Waals surface area contributed by atoms with E-state index < -0.39 is 86.8 Å². The topological polar surface area (TPSA) is 228 Å². The second-order valence-corrected chi connectivity index (χ2v) is 25.7. The van der Waals surface area contributed by atoms with Crippen LogP contribution in [0.4, 0.5) is 0 Å². The molecule has 2 aliphatic heterocycles. The molecule has 522 valence electrons. The van der Waals surface area contributed by atoms with Crippen molar-refractivity contribution >= 4 is 5.91 Å². The summed E-state index contributed by atoms with van der Waals surface area (Å²) in [5, 5.41) is 87.5. The third-order valence-corrected chi connectivity index (χ3v) is 17.6. The van der Waals surface area contributed by atoms with Gasteiger partial charge < -0.3 is 65.1 Å². The molecule has 0 aromatic rings. The van der Waals surface area contributed by atoms with Crippen molar-refractivity contribution in [1.82, 2.24) is 5.32 Å². The van der Waals surface area contributed by atoms with Crippen LogP contribution < -0.4 is 5.32 Å². The fourth-order valence-corrected chi connectivity index (χ4v) is 11.7. The number of allylic oxidation sites excluding steroid dienone is 13. The first kappa shape index (κ1) is 83.3. The van der Waals surface area contributed by atoms with Gasteiger partial charge in [-0.25, -0.2) is 0 Å². The summed E-state index contributed by atoms with van der Waals surface area (Å²) in [6.45, 7) is 2.70. The van der Waals surface area contributed by atoms with Gasteiger partial charge in [0.25, 0.3) is 0 Å². The number of hydrogen-bond donors (Lipinski definition) is 9. The number of carbonyl (C=O) groups is 1. The number of unbranched alkanes of at least 4 members (excludes halogenated alkanes) is 35. The van der Waals surface area contributed by atoms with E-state index in [0.717, 1.165) is 70.6 Å². The predicted octanol–water partition coefficient (Wildman–Crippen LogP) is 15.6. The minimum atomic E-state index is -1.80. The van der Waals surface area contributed by atoms with Crippen molar-refractivity contribution in [3.8, 4) is 0 Å². The van der Waals surface area contributed by atoms with Gasteiger partial charge in [0.05, 0.1) is 32.0 Å². The minimum absolute atomic E-state index is 0.253. The van der Waals surface area contributed by atoms with Crippen molar-refractivity contribution in [3.63, 3.8) is 0 Å². The number of aliphatic hydroxyl groups is 8. The first-order chi connectivity index (χ1) is 44.1. The molecule has 0 radical (unpaired) electrons. The first-order valence-electron chi connectivity index (χ1n) is 36.8. The Hall–Kier alpha value is -2.83. The van der Waals surface area contributed by atoms with Crippen molar-refractivity contribution < 1.29 is 64.6 Å². The molecule has 14 nitrogen and oxygen atoms in total. The highest BCUT2D eigenvalue weighted by molar-refractivity contribution is 5.76. The maximum atomic E-state index is 13.3. The molecule has 12 unspecified atom stereocenters. The fourth-order valence-electron chi connectivity index (χ4n) is 11.7. The molecule has 9 N–H and O–H groups in total. The third kappa shape index (κ3) is 43.2. The standard InChI is InChI=1S/C76H135NO13/c1-3-5-7-9-11-13-15-17-19-21-23-25-27-29-31-32-34-35-37-39-41-43-45-47-49-51-53-55-57-59-65(80)64(63-87-75-73(86)71(84)74(67(62-79)89-75)90-76-72(85)70(83)69(82)66(61-78)88-76)77-68(81)60-58-56-54-52-50-48-46-44-42-40-38-36-33-30-28-26-24-22-20-18-16-14-12-10-8-6-4-2/h6,8,12,14,18,20,24,26,30,33,49,51,57,59,64-67,69-76,78-80,82-86H,3-5,7,9-11,13,15-17,19,21-23,25,27-29,31-32,34-48,50,52-56,58,60-63H2,1-2H3,(H,77,81)/b8-6-,14-12-,20-18-,26-24-,33-30-,51-49+,59-57+. The van der Waals surface area contributed by atoms with Crippen LogP contribution in [0.25, 0.3) is 0 Å². The van der Waals surface area contributed by atoms with E-state index >= 15 is 0 Å². The molecule has 1 amide bonds. The Labute approximate surface area is 548 Å². The molecule has 0 spiro atoms. The minimum Gasteiger partial charge on any atom is -0.394 e. The zero-order valence-electron chi connectivity index (χ0n) is 56.9. The normalized spacial score (nSPS) is 23.4. The lowest BCUT2D eigenvalue weighted by Crippen LogP contribution is -2.65. The summed E-state index contributed by atoms with van der Waals surface area (Å²) >= 11 is 0. The molecular weight excluding hydrogens is 1130 g/mol. The maximum absolute atomic E-state index is 13.3. The number of rotatable bonds is 60. The van der Waals surface area contributed by atoms with Crippen LogP contribution in [0, 0.1) is 0 Å². The van der Waals surface area contributed by atoms with E-state index in [9.17, 15) is 45.6 Å². The SMILES string of the molecule is CC/C=C\C/C=C\C/C=C\C/C=C\C/C=C\CCCCCCCCCCCCCC(=O)NC(COC1OC(CO)C(OC2OC(CO)C(O)C(O)C2O)C(O)C1O)C(O)/C=C/CC/C=C/CCCCCCCCCCCCCCCCCCCCCCCCC. The largest absolute Gasteiger partial charge is 0.394 e. The molecule has 2 heterocycles. The van der Waals surface area contributed by atoms with E-state index in [1.165, 1.54) is 193 Å². The van der Waals surface area contributed by atoms with Crippen molar-refractivity contribution in [2.75, 3.05) is 19.8 Å². The highest BCUT2D eigenvalue weighted by Crippen LogP contribution is 2.30. The summed E-state index contributed by atoms with van der Waals surface area (Å²) in [5.74, 6) is -0.253. The van der Waals surface area contributed by atoms with Crippen molar-refractivity contribution in [2.24, 2.45) is 0 Å². The maximum Gasteiger partial charge on any atom is 0.220 e. The van der Waals surface area contributed by atoms with Gasteiger partial charge in [-0.05, 0) is 77.0 Å². The molecule has 2 rings (SSSR count). The quantitative estimate of drug-likeness (QED) is 0.0204. The van der Waals surface area contributed by atoms with Crippen LogP contribution in [0.5, 0.6) is 0 Å². The van der Waals surface area contributed by atoms with E-state index in [1.54, 1.807) is 6.08 Å². The Morgan fingerprint density at radius 2 is 0.778 bits per heavy atom. The lowest BCUT2D eigenvalue weighted by atomic mass is 9.97. The Balaban J connectivity index is 1.68. The predicted molar refractivity (Wildman–Crippen MR) is 369 cm³/mol. The van der Waals surface area contributed by atoms with Gasteiger partial charge in [0.2, 0.25) is 5.91 Å². The fraction of sp³-hybridized carbons (Fsp3) is 0.803. The zero-order chi connectivity index (χ0) is 65.2. The lowest BCUT2D eigenvalue weighted by Gasteiger charge is -2.46. The second-order valence-electron chi connectivity index (χ2n) is 25.7. The summed E-state index contributed by atoms with van der Waals surface area (Å²) in [7, 11) is 0. The Kier molecular flexibility index (Phi) is 55.4. The van der Waals surface area contributed by atoms with Crippen molar-refractivity contribution in [3.05, 3.63) is 85.1 Å². The molecule has 0 aromatic carbocycles. The number of aliphatic hydroxyl groups excluding tert-OH is 8. The van der Waals surface area contributed by atoms with E-state index in [0.29, 0.717) is 12.8 Å². The van der Waals surface area contributed by atoms with Crippen molar-refractivity contribution in [2.45, 2.75) is 370 Å². The molecular formula is C76H135NO13. The zero-order valence-corrected chi connectivity index (χ0v) is 56.9. The summed E-state index contributed by atoms with van der Waals surface area (Å²) in [5.41, 5.74) is 0. The molecule has 0 aliphatic carbocycles. The molecule has 2 aliphatic rings. The highest BCUT2D eigenvalue weighted by atomic mass is 16.7. The molecule has 0 saturated carbocycles. The average molecular weight is 1270 g/mol. The Bertz CT molecular complexity index is 1830. The summed E-state index contributed by atoms with van der Waals surface area (Å²) in [6.07, 6.45) is 66.4. The van der Waals surface area contributed by atoms with Crippen LogP contribution in [0.3, 0.4) is 0 Å². The molecule has 2 fully saturated rings. The summed E-state index contributed by atoms with van der Waals surface area (Å²) in [6, 6.07) is -0.940. The van der Waals surface area contributed by atoms with Crippen LogP contribution >= 0.6 is 0 Å². The van der Waals surface area contributed by atoms with Gasteiger partial charge in [-0.3, -0.25) is 4.79 Å². The lowest BCUT2D eigenvalue weighted by molar-refractivity contribution is -0.359. The van der Waals surface area contributed by atoms with Gasteiger partial charge in [-0.2, -0.15) is 0 Å². The number of nitrogens with one attached hydrogen (secondary N) is 1. The van der Waals surface area contributed by atoms with Gasteiger partial charge in [0.15, 0.2) is 12.6 Å². The van der Waals surface area contributed by atoms with Crippen molar-refractivity contribution in [1.29, 1.82) is 0 Å². The van der Waals surface area contributed by atoms with Gasteiger partial charge in [-0.15, -0.1) is 0 Å². The molecule has 14 heteroatoms. The van der Waals surface area contributed by atoms with Crippen LogP contribution in [-0.2, 0) is 23.7 Å². The van der Waals surface area contributed by atoms with Crippen LogP contribution in [-0.4, -0.2) is 140 Å². The van der Waals surface area contributed by atoms with Gasteiger partial charge >= 0.3 is 0 Å². The molecule has 0 bridgehead atoms. The second kappa shape index (κ2) is 59.9. The van der Waals surface area contributed by atoms with Gasteiger partial charge in [0.1, 0.15) is 48.8 Å². The van der Waals surface area contributed by atoms with Crippen LogP contribution in [0.1, 0.15) is 296 Å². The Morgan fingerprint density at radius 3 is 1.22 bits per heavy atom. The number of amides is 1. The number of hydrogen-bond acceptors (Lipinski definition) is 13. The molecule has 0 aromatic heterocycles. The smallest absolute Gasteiger partial charge is 0.220 e. The van der Waals surface area contributed by atoms with E-state index in [4.69, 9.17) is 18.9 Å². The molecule has 12 atom stereocenters. The molecule has 90 heavy (non-hydrogen) atoms. The van der Waals surface area contributed by atoms with Crippen LogP contribution in [0.15, 0.2) is 85.1 Å². The highest BCUT2D eigenvalue weighted by Gasteiger charge is 2.51. The monoisotopic (exact) mass is 1270 g/mol. The summed E-state index contributed by atoms with van der Waals surface area (Å²) in [4.78, 5) is 13.3. The molecule has 2 saturated heterocycles. The van der Waals surface area contributed by atoms with Gasteiger partial charge in [-0.1, -0.05) is 298 Å². The third-order valence-electron chi connectivity index (χ3n) is 17.6.